The second-order valence-corrected chi connectivity index (χ2v) is 5.08. The van der Waals surface area contributed by atoms with E-state index in [1.165, 1.54) is 7.11 Å². The number of nitrogens with two attached hydrogens (primary N) is 1. The van der Waals surface area contributed by atoms with Crippen LogP contribution in [0.15, 0.2) is 0 Å². The van der Waals surface area contributed by atoms with Gasteiger partial charge in [-0.25, -0.2) is 0 Å². The molecule has 0 aromatic carbocycles. The molecule has 114 valence electrons. The van der Waals surface area contributed by atoms with Crippen molar-refractivity contribution < 1.29 is 23.5 Å². The molecule has 19 heavy (non-hydrogen) atoms. The first-order chi connectivity index (χ1) is 9.02. The number of esters is 1. The molecule has 6 heteroatoms. The van der Waals surface area contributed by atoms with E-state index < -0.39 is 0 Å². The van der Waals surface area contributed by atoms with Crippen molar-refractivity contribution in [2.75, 3.05) is 67.3 Å². The maximum atomic E-state index is 10.8. The van der Waals surface area contributed by atoms with E-state index in [0.29, 0.717) is 32.8 Å². The van der Waals surface area contributed by atoms with Crippen LogP contribution in [0.4, 0.5) is 0 Å². The van der Waals surface area contributed by atoms with E-state index in [4.69, 9.17) is 15.2 Å². The Hall–Kier alpha value is -0.690. The zero-order valence-corrected chi connectivity index (χ0v) is 12.5. The van der Waals surface area contributed by atoms with E-state index in [1.54, 1.807) is 0 Å². The zero-order valence-electron chi connectivity index (χ0n) is 12.5. The highest BCUT2D eigenvalue weighted by Crippen LogP contribution is 1.98. The largest absolute Gasteiger partial charge is 0.469 e. The molecule has 0 aromatic heterocycles. The Morgan fingerprint density at radius 2 is 1.68 bits per heavy atom. The van der Waals surface area contributed by atoms with Crippen LogP contribution in [-0.2, 0) is 19.0 Å². The van der Waals surface area contributed by atoms with Crippen molar-refractivity contribution in [3.05, 3.63) is 0 Å². The number of quaternary nitrogens is 1. The van der Waals surface area contributed by atoms with Crippen LogP contribution < -0.4 is 5.73 Å². The Balaban J connectivity index is 3.25. The van der Waals surface area contributed by atoms with Gasteiger partial charge in [-0.05, 0) is 0 Å². The van der Waals surface area contributed by atoms with E-state index in [9.17, 15) is 4.79 Å². The molecule has 0 aromatic rings. The fourth-order valence-corrected chi connectivity index (χ4v) is 1.64. The van der Waals surface area contributed by atoms with E-state index in [-0.39, 0.29) is 5.97 Å². The van der Waals surface area contributed by atoms with Crippen molar-refractivity contribution in [3.8, 4) is 0 Å². The monoisotopic (exact) mass is 277 g/mol. The number of likely N-dealkylation sites (N-methyl/N-ethyl adjacent to an activating group) is 1. The van der Waals surface area contributed by atoms with Gasteiger partial charge in [-0.2, -0.15) is 0 Å². The van der Waals surface area contributed by atoms with Gasteiger partial charge in [0.2, 0.25) is 0 Å². The Morgan fingerprint density at radius 1 is 1.05 bits per heavy atom. The molecule has 6 nitrogen and oxygen atoms in total. The minimum Gasteiger partial charge on any atom is -0.469 e. The summed E-state index contributed by atoms with van der Waals surface area (Å²) in [5.74, 6) is -0.249. The van der Waals surface area contributed by atoms with E-state index in [0.717, 1.165) is 30.6 Å². The molecule has 0 bridgehead atoms. The number of nitrogens with zero attached hydrogens (tertiary/aromatic N) is 1. The first-order valence-electron chi connectivity index (χ1n) is 6.76. The van der Waals surface area contributed by atoms with Gasteiger partial charge in [0.1, 0.15) is 0 Å². The smallest absolute Gasteiger partial charge is 0.307 e. The first-order valence-corrected chi connectivity index (χ1v) is 6.76. The maximum Gasteiger partial charge on any atom is 0.307 e. The summed E-state index contributed by atoms with van der Waals surface area (Å²) in [4.78, 5) is 10.8. The minimum atomic E-state index is -0.249. The van der Waals surface area contributed by atoms with Crippen molar-refractivity contribution >= 4 is 5.97 Å². The summed E-state index contributed by atoms with van der Waals surface area (Å²) < 4.78 is 16.1. The molecule has 0 saturated heterocycles. The zero-order chi connectivity index (χ0) is 14.6. The molecule has 2 N–H and O–H groups in total. The third-order valence-electron chi connectivity index (χ3n) is 2.84. The lowest BCUT2D eigenvalue weighted by Crippen LogP contribution is -2.44. The summed E-state index contributed by atoms with van der Waals surface area (Å²) in [7, 11) is 5.71. The third kappa shape index (κ3) is 12.1. The second-order valence-electron chi connectivity index (χ2n) is 5.08. The molecule has 0 aliphatic carbocycles. The summed E-state index contributed by atoms with van der Waals surface area (Å²) >= 11 is 0. The molecule has 0 aliphatic heterocycles. The van der Waals surface area contributed by atoms with Crippen LogP contribution >= 0.6 is 0 Å². The highest BCUT2D eigenvalue weighted by Gasteiger charge is 2.12. The standard InChI is InChI=1S/C13H29N2O4/c1-15(2,8-6-14)7-4-9-18-11-12-19-10-5-13(16)17-3/h4-12,14H2,1-3H3/q+1. The van der Waals surface area contributed by atoms with E-state index in [2.05, 4.69) is 18.8 Å². The molecule has 0 heterocycles. The molecule has 0 spiro atoms. The number of carbonyl (C=O) groups excluding carboxylic acids is 1. The van der Waals surface area contributed by atoms with E-state index >= 15 is 0 Å². The van der Waals surface area contributed by atoms with Crippen LogP contribution in [0.5, 0.6) is 0 Å². The van der Waals surface area contributed by atoms with Crippen LogP contribution in [-0.4, -0.2) is 77.7 Å². The number of rotatable bonds is 12. The lowest BCUT2D eigenvalue weighted by Gasteiger charge is -2.29. The average Bonchev–Trinajstić information content (AvgIpc) is 2.36. The molecule has 0 atom stereocenters. The molecule has 0 fully saturated rings. The lowest BCUT2D eigenvalue weighted by atomic mass is 10.3. The van der Waals surface area contributed by atoms with Gasteiger partial charge in [0.25, 0.3) is 0 Å². The van der Waals surface area contributed by atoms with Gasteiger partial charge >= 0.3 is 5.97 Å². The topological polar surface area (TPSA) is 70.8 Å². The molecule has 0 amide bonds. The lowest BCUT2D eigenvalue weighted by molar-refractivity contribution is -0.889. The Morgan fingerprint density at radius 3 is 2.26 bits per heavy atom. The molecule has 0 unspecified atom stereocenters. The Bertz CT molecular complexity index is 235. The number of methoxy groups -OCH3 is 1. The molecule has 0 rings (SSSR count). The summed E-state index contributed by atoms with van der Waals surface area (Å²) in [5, 5.41) is 0. The van der Waals surface area contributed by atoms with Gasteiger partial charge in [0.05, 0.1) is 67.1 Å². The maximum absolute atomic E-state index is 10.8. The highest BCUT2D eigenvalue weighted by atomic mass is 16.5. The fraction of sp³-hybridized carbons (Fsp3) is 0.923. The van der Waals surface area contributed by atoms with Gasteiger partial charge in [0.15, 0.2) is 0 Å². The van der Waals surface area contributed by atoms with Crippen LogP contribution in [0.3, 0.4) is 0 Å². The predicted octanol–water partition coefficient (Wildman–Crippen LogP) is 0.00790. The summed E-state index contributed by atoms with van der Waals surface area (Å²) in [6.07, 6.45) is 1.30. The van der Waals surface area contributed by atoms with Gasteiger partial charge in [0, 0.05) is 13.0 Å². The highest BCUT2D eigenvalue weighted by molar-refractivity contribution is 5.69. The SMILES string of the molecule is COC(=O)CCOCCOCCC[N+](C)(C)CCN. The number of carbonyl (C=O) groups is 1. The summed E-state index contributed by atoms with van der Waals surface area (Å²) in [6, 6.07) is 0. The van der Waals surface area contributed by atoms with Crippen molar-refractivity contribution in [2.45, 2.75) is 12.8 Å². The second kappa shape index (κ2) is 11.2. The fourth-order valence-electron chi connectivity index (χ4n) is 1.64. The third-order valence-corrected chi connectivity index (χ3v) is 2.84. The molecular weight excluding hydrogens is 248 g/mol. The number of hydrogen-bond acceptors (Lipinski definition) is 5. The van der Waals surface area contributed by atoms with Crippen molar-refractivity contribution in [2.24, 2.45) is 5.73 Å². The van der Waals surface area contributed by atoms with Crippen LogP contribution in [0, 0.1) is 0 Å². The van der Waals surface area contributed by atoms with Crippen LogP contribution in [0.1, 0.15) is 12.8 Å². The van der Waals surface area contributed by atoms with Crippen LogP contribution in [0.2, 0.25) is 0 Å². The quantitative estimate of drug-likeness (QED) is 0.309. The minimum absolute atomic E-state index is 0.249. The van der Waals surface area contributed by atoms with Crippen LogP contribution in [0.25, 0.3) is 0 Å². The van der Waals surface area contributed by atoms with E-state index in [1.807, 2.05) is 0 Å². The average molecular weight is 277 g/mol. The molecular formula is C13H29N2O4+. The molecule has 0 saturated carbocycles. The Kier molecular flexibility index (Phi) is 10.8. The number of hydrogen-bond donors (Lipinski definition) is 1. The summed E-state index contributed by atoms with van der Waals surface area (Å²) in [5.41, 5.74) is 5.55. The van der Waals surface area contributed by atoms with Gasteiger partial charge < -0.3 is 24.4 Å². The van der Waals surface area contributed by atoms with Crippen molar-refractivity contribution in [1.82, 2.24) is 0 Å². The van der Waals surface area contributed by atoms with Gasteiger partial charge in [-0.3, -0.25) is 4.79 Å². The van der Waals surface area contributed by atoms with Gasteiger partial charge in [-0.1, -0.05) is 0 Å². The Labute approximate surface area is 116 Å². The van der Waals surface area contributed by atoms with Gasteiger partial charge in [-0.15, -0.1) is 0 Å². The summed E-state index contributed by atoms with van der Waals surface area (Å²) in [6.45, 7) is 4.94. The predicted molar refractivity (Wildman–Crippen MR) is 73.8 cm³/mol. The van der Waals surface area contributed by atoms with Crippen molar-refractivity contribution in [1.29, 1.82) is 0 Å². The van der Waals surface area contributed by atoms with Crippen molar-refractivity contribution in [3.63, 3.8) is 0 Å². The normalized spacial score (nSPS) is 11.6. The molecule has 0 aliphatic rings. The first kappa shape index (κ1) is 18.3. The molecule has 0 radical (unpaired) electrons. The number of ether oxygens (including phenoxy) is 3.